The zero-order valence-corrected chi connectivity index (χ0v) is 10.7. The van der Waals surface area contributed by atoms with Gasteiger partial charge in [0.25, 0.3) is 0 Å². The lowest BCUT2D eigenvalue weighted by Gasteiger charge is -2.08. The van der Waals surface area contributed by atoms with Gasteiger partial charge >= 0.3 is 0 Å². The summed E-state index contributed by atoms with van der Waals surface area (Å²) in [4.78, 5) is 7.76. The van der Waals surface area contributed by atoms with Crippen LogP contribution in [0, 0.1) is 12.7 Å². The first-order chi connectivity index (χ1) is 9.19. The van der Waals surface area contributed by atoms with Gasteiger partial charge in [0.1, 0.15) is 5.82 Å². The molecule has 1 heterocycles. The molecule has 1 aromatic carbocycles. The van der Waals surface area contributed by atoms with Crippen molar-refractivity contribution in [3.8, 4) is 0 Å². The first kappa shape index (κ1) is 13.4. The molecular weight excluding hydrogens is 248 g/mol. The number of rotatable bonds is 5. The van der Waals surface area contributed by atoms with Gasteiger partial charge < -0.3 is 5.32 Å². The molecule has 0 spiro atoms. The highest BCUT2D eigenvalue weighted by molar-refractivity contribution is 5.56. The van der Waals surface area contributed by atoms with Crippen LogP contribution in [-0.2, 0) is 6.42 Å². The second-order valence-corrected chi connectivity index (χ2v) is 4.23. The van der Waals surface area contributed by atoms with E-state index < -0.39 is 5.82 Å². The van der Waals surface area contributed by atoms with Gasteiger partial charge in [-0.25, -0.2) is 14.4 Å². The molecule has 0 amide bonds. The molecule has 0 atom stereocenters. The summed E-state index contributed by atoms with van der Waals surface area (Å²) in [5.74, 6) is 0.166. The number of hydrogen-bond acceptors (Lipinski definition) is 3. The molecule has 1 N–H and O–H groups in total. The predicted molar refractivity (Wildman–Crippen MR) is 70.7 cm³/mol. The van der Waals surface area contributed by atoms with Gasteiger partial charge in [0.15, 0.2) is 11.6 Å². The lowest BCUT2D eigenvalue weighted by Crippen LogP contribution is -2.00. The summed E-state index contributed by atoms with van der Waals surface area (Å²) in [6.45, 7) is 1.39. The van der Waals surface area contributed by atoms with Crippen molar-refractivity contribution >= 4 is 11.5 Å². The van der Waals surface area contributed by atoms with E-state index in [0.717, 1.165) is 17.4 Å². The highest BCUT2D eigenvalue weighted by Gasteiger charge is 2.05. The third-order valence-electron chi connectivity index (χ3n) is 2.68. The molecule has 0 unspecified atom stereocenters. The number of nitrogens with zero attached hydrogens (tertiary/aromatic N) is 2. The quantitative estimate of drug-likeness (QED) is 0.896. The lowest BCUT2D eigenvalue weighted by atomic mass is 10.1. The maximum Gasteiger partial charge on any atom is 0.184 e. The van der Waals surface area contributed by atoms with Crippen LogP contribution in [0.2, 0.25) is 0 Å². The highest BCUT2D eigenvalue weighted by atomic mass is 19.1. The first-order valence-electron chi connectivity index (χ1n) is 6.10. The van der Waals surface area contributed by atoms with Crippen LogP contribution in [0.1, 0.15) is 17.8 Å². The van der Waals surface area contributed by atoms with E-state index in [1.807, 2.05) is 24.3 Å². The number of hydrogen-bond donors (Lipinski definition) is 1. The number of aryl methyl sites for hydroxylation is 2. The standard InChI is InChI=1S/C14H15F2N3/c1-10-17-9-13(16)14(18-10)19-12-6-4-11(5-7-12)3-2-8-15/h4-7,9H,2-3,8H2,1H3,(H,17,18,19). The van der Waals surface area contributed by atoms with E-state index in [4.69, 9.17) is 0 Å². The number of alkyl halides is 1. The van der Waals surface area contributed by atoms with Crippen LogP contribution in [0.5, 0.6) is 0 Å². The van der Waals surface area contributed by atoms with Gasteiger partial charge in [0.2, 0.25) is 0 Å². The van der Waals surface area contributed by atoms with Crippen LogP contribution in [0.25, 0.3) is 0 Å². The van der Waals surface area contributed by atoms with E-state index in [1.54, 1.807) is 6.92 Å². The zero-order valence-electron chi connectivity index (χ0n) is 10.7. The second-order valence-electron chi connectivity index (χ2n) is 4.23. The minimum Gasteiger partial charge on any atom is -0.338 e. The van der Waals surface area contributed by atoms with Crippen LogP contribution in [0.4, 0.5) is 20.3 Å². The Labute approximate surface area is 110 Å². The summed E-state index contributed by atoms with van der Waals surface area (Å²) in [5, 5.41) is 2.90. The summed E-state index contributed by atoms with van der Waals surface area (Å²) < 4.78 is 25.5. The molecule has 0 radical (unpaired) electrons. The third-order valence-corrected chi connectivity index (χ3v) is 2.68. The van der Waals surface area contributed by atoms with Crippen molar-refractivity contribution in [2.24, 2.45) is 0 Å². The Morgan fingerprint density at radius 3 is 2.63 bits per heavy atom. The summed E-state index contributed by atoms with van der Waals surface area (Å²) in [7, 11) is 0. The molecule has 0 aliphatic rings. The van der Waals surface area contributed by atoms with Gasteiger partial charge in [-0.2, -0.15) is 0 Å². The van der Waals surface area contributed by atoms with Gasteiger partial charge in [0, 0.05) is 5.69 Å². The Hall–Kier alpha value is -2.04. The third kappa shape index (κ3) is 3.71. The number of halogens is 2. The number of anilines is 2. The molecule has 0 aliphatic heterocycles. The van der Waals surface area contributed by atoms with Crippen molar-refractivity contribution in [2.75, 3.05) is 12.0 Å². The van der Waals surface area contributed by atoms with Crippen LogP contribution in [0.15, 0.2) is 30.5 Å². The van der Waals surface area contributed by atoms with Gasteiger partial charge in [-0.3, -0.25) is 4.39 Å². The van der Waals surface area contributed by atoms with Crippen molar-refractivity contribution in [3.63, 3.8) is 0 Å². The monoisotopic (exact) mass is 263 g/mol. The van der Waals surface area contributed by atoms with Crippen molar-refractivity contribution in [1.29, 1.82) is 0 Å². The molecule has 0 saturated carbocycles. The summed E-state index contributed by atoms with van der Waals surface area (Å²) in [6.07, 6.45) is 2.37. The molecule has 0 bridgehead atoms. The maximum absolute atomic E-state index is 13.5. The van der Waals surface area contributed by atoms with Crippen LogP contribution >= 0.6 is 0 Å². The average Bonchev–Trinajstić information content (AvgIpc) is 2.42. The summed E-state index contributed by atoms with van der Waals surface area (Å²) in [6, 6.07) is 7.43. The van der Waals surface area contributed by atoms with Crippen molar-refractivity contribution in [2.45, 2.75) is 19.8 Å². The second kappa shape index (κ2) is 6.22. The maximum atomic E-state index is 13.5. The van der Waals surface area contributed by atoms with Gasteiger partial charge in [0.05, 0.1) is 12.9 Å². The Bertz CT molecular complexity index is 541. The Balaban J connectivity index is 2.08. The fraction of sp³-hybridized carbons (Fsp3) is 0.286. The molecule has 19 heavy (non-hydrogen) atoms. The predicted octanol–water partition coefficient (Wildman–Crippen LogP) is 3.57. The molecule has 3 nitrogen and oxygen atoms in total. The number of nitrogens with one attached hydrogen (secondary N) is 1. The minimum absolute atomic E-state index is 0.156. The Kier molecular flexibility index (Phi) is 4.39. The van der Waals surface area contributed by atoms with Crippen LogP contribution in [-0.4, -0.2) is 16.6 Å². The Morgan fingerprint density at radius 1 is 1.21 bits per heavy atom. The van der Waals surface area contributed by atoms with E-state index in [1.165, 1.54) is 0 Å². The molecule has 0 fully saturated rings. The van der Waals surface area contributed by atoms with Crippen molar-refractivity contribution < 1.29 is 8.78 Å². The molecule has 2 rings (SSSR count). The first-order valence-corrected chi connectivity index (χ1v) is 6.10. The van der Waals surface area contributed by atoms with Gasteiger partial charge in [-0.1, -0.05) is 12.1 Å². The van der Waals surface area contributed by atoms with Crippen LogP contribution < -0.4 is 5.32 Å². The van der Waals surface area contributed by atoms with E-state index >= 15 is 0 Å². The van der Waals surface area contributed by atoms with Crippen LogP contribution in [0.3, 0.4) is 0 Å². The summed E-state index contributed by atoms with van der Waals surface area (Å²) in [5.41, 5.74) is 1.79. The number of aromatic nitrogens is 2. The minimum atomic E-state index is -0.493. The fourth-order valence-electron chi connectivity index (χ4n) is 1.71. The molecule has 100 valence electrons. The fourth-order valence-corrected chi connectivity index (χ4v) is 1.71. The molecule has 0 aliphatic carbocycles. The normalized spacial score (nSPS) is 10.5. The largest absolute Gasteiger partial charge is 0.338 e. The Morgan fingerprint density at radius 2 is 1.95 bits per heavy atom. The lowest BCUT2D eigenvalue weighted by molar-refractivity contribution is 0.473. The molecule has 5 heteroatoms. The van der Waals surface area contributed by atoms with E-state index in [2.05, 4.69) is 15.3 Å². The molecule has 2 aromatic rings. The van der Waals surface area contributed by atoms with Gasteiger partial charge in [-0.15, -0.1) is 0 Å². The van der Waals surface area contributed by atoms with E-state index in [0.29, 0.717) is 18.7 Å². The van der Waals surface area contributed by atoms with Crippen molar-refractivity contribution in [1.82, 2.24) is 9.97 Å². The van der Waals surface area contributed by atoms with E-state index in [-0.39, 0.29) is 12.5 Å². The topological polar surface area (TPSA) is 37.8 Å². The van der Waals surface area contributed by atoms with E-state index in [9.17, 15) is 8.78 Å². The SMILES string of the molecule is Cc1ncc(F)c(Nc2ccc(CCCF)cc2)n1. The molecular formula is C14H15F2N3. The highest BCUT2D eigenvalue weighted by Crippen LogP contribution is 2.18. The smallest absolute Gasteiger partial charge is 0.184 e. The summed E-state index contributed by atoms with van der Waals surface area (Å²) >= 11 is 0. The average molecular weight is 263 g/mol. The van der Waals surface area contributed by atoms with Gasteiger partial charge in [-0.05, 0) is 37.5 Å². The molecule has 0 saturated heterocycles. The van der Waals surface area contributed by atoms with Crippen molar-refractivity contribution in [3.05, 3.63) is 47.7 Å². The molecule has 1 aromatic heterocycles. The zero-order chi connectivity index (χ0) is 13.7. The number of benzene rings is 1.